The topological polar surface area (TPSA) is 56.2 Å². The number of rotatable bonds is 7. The number of aromatic nitrogens is 2. The fourth-order valence-corrected chi connectivity index (χ4v) is 2.13. The third-order valence-electron chi connectivity index (χ3n) is 3.08. The van der Waals surface area contributed by atoms with E-state index in [-0.39, 0.29) is 12.0 Å². The van der Waals surface area contributed by atoms with Gasteiger partial charge in [-0.25, -0.2) is 0 Å². The summed E-state index contributed by atoms with van der Waals surface area (Å²) in [7, 11) is 0. The van der Waals surface area contributed by atoms with Crippen molar-refractivity contribution in [1.29, 1.82) is 0 Å². The number of carbonyl (C=O) groups is 1. The van der Waals surface area contributed by atoms with Gasteiger partial charge in [0.2, 0.25) is 5.91 Å². The van der Waals surface area contributed by atoms with E-state index in [1.54, 1.807) is 23.0 Å². The Balaban J connectivity index is 1.70. The third kappa shape index (κ3) is 5.07. The summed E-state index contributed by atoms with van der Waals surface area (Å²) < 4.78 is 7.46. The van der Waals surface area contributed by atoms with Crippen molar-refractivity contribution in [3.05, 3.63) is 47.2 Å². The Morgan fingerprint density at radius 1 is 1.45 bits per heavy atom. The molecule has 1 heterocycles. The summed E-state index contributed by atoms with van der Waals surface area (Å²) in [5.41, 5.74) is 1.09. The lowest BCUT2D eigenvalue weighted by atomic mass is 10.3. The highest BCUT2D eigenvalue weighted by molar-refractivity contribution is 6.32. The number of hydrogen-bond acceptors (Lipinski definition) is 3. The first-order valence-electron chi connectivity index (χ1n) is 7.21. The number of ether oxygens (including phenoxy) is 1. The summed E-state index contributed by atoms with van der Waals surface area (Å²) in [5.74, 6) is 0.598. The van der Waals surface area contributed by atoms with Crippen molar-refractivity contribution < 1.29 is 9.53 Å². The highest BCUT2D eigenvalue weighted by Crippen LogP contribution is 2.23. The number of benzene rings is 1. The second-order valence-electron chi connectivity index (χ2n) is 5.19. The van der Waals surface area contributed by atoms with E-state index in [4.69, 9.17) is 16.3 Å². The van der Waals surface area contributed by atoms with E-state index in [9.17, 15) is 4.79 Å². The smallest absolute Gasteiger partial charge is 0.221 e. The summed E-state index contributed by atoms with van der Waals surface area (Å²) in [6, 6.07) is 7.28. The standard InChI is InChI=1S/C16H20ClN3O2/c1-12-9-19-20(11-12)8-7-16(21)18-10-13(2)22-15-6-4-3-5-14(15)17/h3-6,9,11,13H,7-8,10H2,1-2H3,(H,18,21)/t13-/m1/s1. The molecule has 0 aliphatic rings. The maximum atomic E-state index is 11.8. The third-order valence-corrected chi connectivity index (χ3v) is 3.39. The molecule has 1 atom stereocenters. The molecule has 0 radical (unpaired) electrons. The van der Waals surface area contributed by atoms with Gasteiger partial charge in [-0.15, -0.1) is 0 Å². The van der Waals surface area contributed by atoms with Crippen molar-refractivity contribution in [3.8, 4) is 5.75 Å². The lowest BCUT2D eigenvalue weighted by molar-refractivity contribution is -0.121. The Morgan fingerprint density at radius 2 is 2.23 bits per heavy atom. The molecular formula is C16H20ClN3O2. The molecule has 2 rings (SSSR count). The van der Waals surface area contributed by atoms with Gasteiger partial charge < -0.3 is 10.1 Å². The van der Waals surface area contributed by atoms with Crippen molar-refractivity contribution in [2.75, 3.05) is 6.54 Å². The van der Waals surface area contributed by atoms with Gasteiger partial charge in [-0.3, -0.25) is 9.48 Å². The van der Waals surface area contributed by atoms with Crippen LogP contribution < -0.4 is 10.1 Å². The van der Waals surface area contributed by atoms with Gasteiger partial charge in [0.05, 0.1) is 17.8 Å². The Labute approximate surface area is 135 Å². The average molecular weight is 322 g/mol. The lowest BCUT2D eigenvalue weighted by Gasteiger charge is -2.16. The van der Waals surface area contributed by atoms with Gasteiger partial charge in [0.15, 0.2) is 0 Å². The molecule has 0 aliphatic heterocycles. The fraction of sp³-hybridized carbons (Fsp3) is 0.375. The second-order valence-corrected chi connectivity index (χ2v) is 5.60. The van der Waals surface area contributed by atoms with Gasteiger partial charge in [-0.2, -0.15) is 5.10 Å². The van der Waals surface area contributed by atoms with Gasteiger partial charge >= 0.3 is 0 Å². The molecule has 0 saturated heterocycles. The largest absolute Gasteiger partial charge is 0.487 e. The van der Waals surface area contributed by atoms with Crippen LogP contribution in [0.1, 0.15) is 18.9 Å². The highest BCUT2D eigenvalue weighted by atomic mass is 35.5. The molecule has 0 aliphatic carbocycles. The number of halogens is 1. The summed E-state index contributed by atoms with van der Waals surface area (Å²) in [5, 5.41) is 7.56. The number of nitrogens with zero attached hydrogens (tertiary/aromatic N) is 2. The fourth-order valence-electron chi connectivity index (χ4n) is 1.95. The Kier molecular flexibility index (Phi) is 5.83. The summed E-state index contributed by atoms with van der Waals surface area (Å²) >= 11 is 6.03. The molecule has 0 spiro atoms. The molecule has 1 N–H and O–H groups in total. The number of hydrogen-bond donors (Lipinski definition) is 1. The van der Waals surface area contributed by atoms with Gasteiger partial charge in [0.25, 0.3) is 0 Å². The van der Waals surface area contributed by atoms with E-state index in [2.05, 4.69) is 10.4 Å². The predicted molar refractivity (Wildman–Crippen MR) is 86.1 cm³/mol. The molecule has 0 unspecified atom stereocenters. The minimum Gasteiger partial charge on any atom is -0.487 e. The molecule has 5 nitrogen and oxygen atoms in total. The minimum atomic E-state index is -0.157. The van der Waals surface area contributed by atoms with Crippen molar-refractivity contribution >= 4 is 17.5 Å². The lowest BCUT2D eigenvalue weighted by Crippen LogP contribution is -2.34. The highest BCUT2D eigenvalue weighted by Gasteiger charge is 2.09. The van der Waals surface area contributed by atoms with E-state index in [0.29, 0.717) is 30.3 Å². The van der Waals surface area contributed by atoms with Crippen LogP contribution >= 0.6 is 11.6 Å². The maximum absolute atomic E-state index is 11.8. The normalized spacial score (nSPS) is 12.0. The summed E-state index contributed by atoms with van der Waals surface area (Å²) in [4.78, 5) is 11.8. The van der Waals surface area contributed by atoms with Gasteiger partial charge in [-0.05, 0) is 31.5 Å². The number of para-hydroxylation sites is 1. The molecule has 1 aromatic carbocycles. The Bertz CT molecular complexity index is 627. The molecule has 118 valence electrons. The zero-order valence-electron chi connectivity index (χ0n) is 12.8. The van der Waals surface area contributed by atoms with Crippen LogP contribution in [0, 0.1) is 6.92 Å². The van der Waals surface area contributed by atoms with E-state index < -0.39 is 0 Å². The first kappa shape index (κ1) is 16.4. The van der Waals surface area contributed by atoms with Crippen LogP contribution in [0.2, 0.25) is 5.02 Å². The first-order chi connectivity index (χ1) is 10.5. The minimum absolute atomic E-state index is 0.0252. The van der Waals surface area contributed by atoms with Crippen molar-refractivity contribution in [1.82, 2.24) is 15.1 Å². The summed E-state index contributed by atoms with van der Waals surface area (Å²) in [6.07, 6.45) is 3.92. The molecule has 2 aromatic rings. The molecule has 22 heavy (non-hydrogen) atoms. The average Bonchev–Trinajstić information content (AvgIpc) is 2.91. The second kappa shape index (κ2) is 7.84. The molecule has 0 bridgehead atoms. The molecule has 0 fully saturated rings. The number of aryl methyl sites for hydroxylation is 2. The zero-order valence-corrected chi connectivity index (χ0v) is 13.5. The predicted octanol–water partition coefficient (Wildman–Crippen LogP) is 2.82. The van der Waals surface area contributed by atoms with Gasteiger partial charge in [0, 0.05) is 19.2 Å². The van der Waals surface area contributed by atoms with Gasteiger partial charge in [0.1, 0.15) is 11.9 Å². The number of carbonyl (C=O) groups excluding carboxylic acids is 1. The van der Waals surface area contributed by atoms with Crippen LogP contribution in [0.15, 0.2) is 36.7 Å². The Morgan fingerprint density at radius 3 is 2.91 bits per heavy atom. The maximum Gasteiger partial charge on any atom is 0.221 e. The van der Waals surface area contributed by atoms with E-state index in [1.165, 1.54) is 0 Å². The Hall–Kier alpha value is -2.01. The van der Waals surface area contributed by atoms with Crippen LogP contribution in [0.4, 0.5) is 0 Å². The van der Waals surface area contributed by atoms with Crippen molar-refractivity contribution in [2.45, 2.75) is 32.9 Å². The first-order valence-corrected chi connectivity index (χ1v) is 7.59. The van der Waals surface area contributed by atoms with Crippen LogP contribution in [0.25, 0.3) is 0 Å². The SMILES string of the molecule is Cc1cnn(CCC(=O)NC[C@@H](C)Oc2ccccc2Cl)c1. The quantitative estimate of drug-likeness (QED) is 0.853. The van der Waals surface area contributed by atoms with Gasteiger partial charge in [-0.1, -0.05) is 23.7 Å². The zero-order chi connectivity index (χ0) is 15.9. The van der Waals surface area contributed by atoms with E-state index in [0.717, 1.165) is 5.56 Å². The monoisotopic (exact) mass is 321 g/mol. The number of nitrogens with one attached hydrogen (secondary N) is 1. The van der Waals surface area contributed by atoms with Crippen LogP contribution in [0.5, 0.6) is 5.75 Å². The van der Waals surface area contributed by atoms with Crippen LogP contribution in [-0.4, -0.2) is 28.3 Å². The van der Waals surface area contributed by atoms with E-state index in [1.807, 2.05) is 32.2 Å². The van der Waals surface area contributed by atoms with Crippen LogP contribution in [-0.2, 0) is 11.3 Å². The molecule has 0 saturated carbocycles. The van der Waals surface area contributed by atoms with Crippen molar-refractivity contribution in [3.63, 3.8) is 0 Å². The number of amides is 1. The molecule has 1 amide bonds. The molecule has 6 heteroatoms. The van der Waals surface area contributed by atoms with Crippen LogP contribution in [0.3, 0.4) is 0 Å². The van der Waals surface area contributed by atoms with Crippen molar-refractivity contribution in [2.24, 2.45) is 0 Å². The summed E-state index contributed by atoms with van der Waals surface area (Å²) in [6.45, 7) is 4.86. The van der Waals surface area contributed by atoms with E-state index >= 15 is 0 Å². The molecular weight excluding hydrogens is 302 g/mol. The molecule has 1 aromatic heterocycles.